The standard InChI is InChI=1S/C28H36N2O5/c1-4-30(17-20(3)27(32)33)26(31)14-13-19(2)15-16-29-28(34)35-18-25-23-11-7-5-9-21(23)22-10-6-8-12-24(22)25/h5-12,19-20,25H,4,13-18H2,1-3H3,(H,29,34)(H,32,33). The van der Waals surface area contributed by atoms with Crippen molar-refractivity contribution in [1.82, 2.24) is 10.2 Å². The van der Waals surface area contributed by atoms with Gasteiger partial charge in [0.1, 0.15) is 6.61 Å². The molecule has 1 aliphatic carbocycles. The van der Waals surface area contributed by atoms with Gasteiger partial charge in [0.2, 0.25) is 5.91 Å². The maximum absolute atomic E-state index is 12.4. The lowest BCUT2D eigenvalue weighted by molar-refractivity contribution is -0.143. The number of benzene rings is 2. The number of carbonyl (C=O) groups is 3. The molecule has 2 aromatic rings. The number of nitrogens with zero attached hydrogens (tertiary/aromatic N) is 1. The Labute approximate surface area is 207 Å². The number of hydrogen-bond donors (Lipinski definition) is 2. The third-order valence-corrected chi connectivity index (χ3v) is 6.75. The zero-order valence-electron chi connectivity index (χ0n) is 20.8. The summed E-state index contributed by atoms with van der Waals surface area (Å²) in [5, 5.41) is 11.9. The van der Waals surface area contributed by atoms with Crippen molar-refractivity contribution in [3.8, 4) is 11.1 Å². The van der Waals surface area contributed by atoms with Gasteiger partial charge in [-0.25, -0.2) is 4.79 Å². The van der Waals surface area contributed by atoms with E-state index in [0.29, 0.717) is 25.9 Å². The fourth-order valence-electron chi connectivity index (χ4n) is 4.56. The number of hydrogen-bond acceptors (Lipinski definition) is 4. The maximum Gasteiger partial charge on any atom is 0.407 e. The van der Waals surface area contributed by atoms with E-state index in [1.807, 2.05) is 38.1 Å². The number of carboxylic acid groups (broad SMARTS) is 1. The van der Waals surface area contributed by atoms with Gasteiger partial charge in [0.05, 0.1) is 5.92 Å². The maximum atomic E-state index is 12.4. The summed E-state index contributed by atoms with van der Waals surface area (Å²) in [6.45, 7) is 6.98. The molecule has 2 atom stereocenters. The second-order valence-corrected chi connectivity index (χ2v) is 9.36. The molecule has 2 unspecified atom stereocenters. The van der Waals surface area contributed by atoms with Gasteiger partial charge in [-0.05, 0) is 47.9 Å². The molecule has 0 heterocycles. The number of nitrogens with one attached hydrogen (secondary N) is 1. The van der Waals surface area contributed by atoms with Crippen molar-refractivity contribution in [3.05, 3.63) is 59.7 Å². The minimum Gasteiger partial charge on any atom is -0.481 e. The monoisotopic (exact) mass is 480 g/mol. The molecule has 0 aliphatic heterocycles. The Kier molecular flexibility index (Phi) is 9.29. The number of alkyl carbamates (subject to hydrolysis) is 1. The topological polar surface area (TPSA) is 95.9 Å². The van der Waals surface area contributed by atoms with Crippen molar-refractivity contribution < 1.29 is 24.2 Å². The van der Waals surface area contributed by atoms with Crippen molar-refractivity contribution in [1.29, 1.82) is 0 Å². The molecule has 0 spiro atoms. The van der Waals surface area contributed by atoms with Gasteiger partial charge in [0, 0.05) is 32.0 Å². The van der Waals surface area contributed by atoms with E-state index < -0.39 is 18.0 Å². The minimum atomic E-state index is -0.899. The molecule has 188 valence electrons. The lowest BCUT2D eigenvalue weighted by Gasteiger charge is -2.23. The van der Waals surface area contributed by atoms with Gasteiger partial charge in [0.15, 0.2) is 0 Å². The van der Waals surface area contributed by atoms with Crippen molar-refractivity contribution in [3.63, 3.8) is 0 Å². The number of fused-ring (bicyclic) bond motifs is 3. The van der Waals surface area contributed by atoms with Gasteiger partial charge in [-0.3, -0.25) is 9.59 Å². The lowest BCUT2D eigenvalue weighted by atomic mass is 9.98. The summed E-state index contributed by atoms with van der Waals surface area (Å²) in [6, 6.07) is 16.5. The molecule has 3 rings (SSSR count). The van der Waals surface area contributed by atoms with Crippen LogP contribution < -0.4 is 5.32 Å². The normalized spacial score (nSPS) is 13.9. The third-order valence-electron chi connectivity index (χ3n) is 6.75. The Balaban J connectivity index is 1.39. The van der Waals surface area contributed by atoms with Gasteiger partial charge in [0.25, 0.3) is 0 Å². The Bertz CT molecular complexity index is 992. The molecule has 0 saturated heterocycles. The van der Waals surface area contributed by atoms with Crippen molar-refractivity contribution in [2.75, 3.05) is 26.2 Å². The van der Waals surface area contributed by atoms with Crippen LogP contribution in [0.4, 0.5) is 4.79 Å². The largest absolute Gasteiger partial charge is 0.481 e. The van der Waals surface area contributed by atoms with Crippen LogP contribution in [0, 0.1) is 11.8 Å². The second-order valence-electron chi connectivity index (χ2n) is 9.36. The van der Waals surface area contributed by atoms with E-state index in [1.54, 1.807) is 11.8 Å². The van der Waals surface area contributed by atoms with Crippen LogP contribution in [0.3, 0.4) is 0 Å². The van der Waals surface area contributed by atoms with E-state index >= 15 is 0 Å². The van der Waals surface area contributed by atoms with E-state index in [-0.39, 0.29) is 30.9 Å². The number of carboxylic acids is 1. The summed E-state index contributed by atoms with van der Waals surface area (Å²) in [6.07, 6.45) is 1.35. The average Bonchev–Trinajstić information content (AvgIpc) is 3.18. The fraction of sp³-hybridized carbons (Fsp3) is 0.464. The Hall–Kier alpha value is -3.35. The molecule has 2 N–H and O–H groups in total. The van der Waals surface area contributed by atoms with Crippen LogP contribution in [0.2, 0.25) is 0 Å². The van der Waals surface area contributed by atoms with Crippen LogP contribution in [0.15, 0.2) is 48.5 Å². The van der Waals surface area contributed by atoms with Crippen LogP contribution in [0.1, 0.15) is 57.1 Å². The van der Waals surface area contributed by atoms with E-state index in [9.17, 15) is 14.4 Å². The van der Waals surface area contributed by atoms with Crippen LogP contribution >= 0.6 is 0 Å². The second kappa shape index (κ2) is 12.4. The van der Waals surface area contributed by atoms with E-state index in [2.05, 4.69) is 29.6 Å². The molecule has 0 bridgehead atoms. The molecule has 2 amide bonds. The van der Waals surface area contributed by atoms with Gasteiger partial charge >= 0.3 is 12.1 Å². The van der Waals surface area contributed by atoms with Crippen molar-refractivity contribution in [2.45, 2.75) is 46.0 Å². The fourth-order valence-corrected chi connectivity index (χ4v) is 4.56. The molecule has 7 nitrogen and oxygen atoms in total. The molecule has 0 radical (unpaired) electrons. The summed E-state index contributed by atoms with van der Waals surface area (Å²) in [4.78, 5) is 37.4. The molecule has 0 aromatic heterocycles. The highest BCUT2D eigenvalue weighted by atomic mass is 16.5. The molecule has 1 aliphatic rings. The zero-order valence-corrected chi connectivity index (χ0v) is 20.8. The van der Waals surface area contributed by atoms with Gasteiger partial charge in [-0.15, -0.1) is 0 Å². The van der Waals surface area contributed by atoms with E-state index in [4.69, 9.17) is 9.84 Å². The van der Waals surface area contributed by atoms with Gasteiger partial charge in [-0.1, -0.05) is 62.4 Å². The lowest BCUT2D eigenvalue weighted by Crippen LogP contribution is -2.36. The Morgan fingerprint density at radius 3 is 2.17 bits per heavy atom. The highest BCUT2D eigenvalue weighted by Crippen LogP contribution is 2.44. The molecule has 0 saturated carbocycles. The number of carbonyl (C=O) groups excluding carboxylic acids is 2. The molecular weight excluding hydrogens is 444 g/mol. The summed E-state index contributed by atoms with van der Waals surface area (Å²) in [5.74, 6) is -1.24. The van der Waals surface area contributed by atoms with Crippen molar-refractivity contribution >= 4 is 18.0 Å². The van der Waals surface area contributed by atoms with Gasteiger partial charge in [-0.2, -0.15) is 0 Å². The summed E-state index contributed by atoms with van der Waals surface area (Å²) < 4.78 is 5.56. The van der Waals surface area contributed by atoms with E-state index in [1.165, 1.54) is 22.3 Å². The first kappa shape index (κ1) is 26.3. The smallest absolute Gasteiger partial charge is 0.407 e. The Morgan fingerprint density at radius 2 is 1.60 bits per heavy atom. The van der Waals surface area contributed by atoms with Crippen LogP contribution in [-0.2, 0) is 14.3 Å². The summed E-state index contributed by atoms with van der Waals surface area (Å²) >= 11 is 0. The third kappa shape index (κ3) is 6.84. The van der Waals surface area contributed by atoms with Crippen molar-refractivity contribution in [2.24, 2.45) is 11.8 Å². The van der Waals surface area contributed by atoms with E-state index in [0.717, 1.165) is 6.42 Å². The quantitative estimate of drug-likeness (QED) is 0.450. The predicted octanol–water partition coefficient (Wildman–Crippen LogP) is 4.90. The molecular formula is C28H36N2O5. The highest BCUT2D eigenvalue weighted by molar-refractivity contribution is 5.79. The zero-order chi connectivity index (χ0) is 25.4. The molecule has 0 fully saturated rings. The predicted molar refractivity (Wildman–Crippen MR) is 135 cm³/mol. The van der Waals surface area contributed by atoms with Crippen LogP contribution in [0.5, 0.6) is 0 Å². The highest BCUT2D eigenvalue weighted by Gasteiger charge is 2.29. The van der Waals surface area contributed by atoms with Crippen LogP contribution in [0.25, 0.3) is 11.1 Å². The first-order valence-corrected chi connectivity index (χ1v) is 12.4. The average molecular weight is 481 g/mol. The molecule has 35 heavy (non-hydrogen) atoms. The first-order chi connectivity index (χ1) is 16.8. The SMILES string of the molecule is CCN(CC(C)C(=O)O)C(=O)CCC(C)CCNC(=O)OCC1c2ccccc2-c2ccccc21. The number of amides is 2. The first-order valence-electron chi connectivity index (χ1n) is 12.4. The number of aliphatic carboxylic acids is 1. The van der Waals surface area contributed by atoms with Crippen LogP contribution in [-0.4, -0.2) is 54.2 Å². The number of rotatable bonds is 12. The molecule has 7 heteroatoms. The number of ether oxygens (including phenoxy) is 1. The molecule has 2 aromatic carbocycles. The minimum absolute atomic E-state index is 0.0306. The summed E-state index contributed by atoms with van der Waals surface area (Å²) in [7, 11) is 0. The van der Waals surface area contributed by atoms with Gasteiger partial charge < -0.3 is 20.1 Å². The summed E-state index contributed by atoms with van der Waals surface area (Å²) in [5.41, 5.74) is 4.75. The Morgan fingerprint density at radius 1 is 1.00 bits per heavy atom.